The number of benzene rings is 2. The molecule has 4 heterocycles. The first-order chi connectivity index (χ1) is 20.5. The molecule has 0 radical (unpaired) electrons. The van der Waals surface area contributed by atoms with E-state index in [1.807, 2.05) is 60.2 Å². The van der Waals surface area contributed by atoms with E-state index in [1.165, 1.54) is 5.56 Å². The number of nitrogens with zero attached hydrogens (tertiary/aromatic N) is 4. The Morgan fingerprint density at radius 1 is 1.07 bits per heavy atom. The number of aromatic nitrogens is 3. The molecule has 2 N–H and O–H groups in total. The second kappa shape index (κ2) is 12.7. The maximum Gasteiger partial charge on any atom is 0.223 e. The molecule has 2 aliphatic rings. The molecule has 9 heteroatoms. The summed E-state index contributed by atoms with van der Waals surface area (Å²) in [7, 11) is 0. The van der Waals surface area contributed by atoms with Gasteiger partial charge in [-0.05, 0) is 68.1 Å². The van der Waals surface area contributed by atoms with Gasteiger partial charge in [0, 0.05) is 61.4 Å². The van der Waals surface area contributed by atoms with E-state index in [-0.39, 0.29) is 24.2 Å². The predicted molar refractivity (Wildman–Crippen MR) is 157 cm³/mol. The molecule has 216 valence electrons. The van der Waals surface area contributed by atoms with Crippen LogP contribution in [0.15, 0.2) is 71.5 Å². The molecule has 2 aliphatic heterocycles. The maximum atomic E-state index is 11.2. The van der Waals surface area contributed by atoms with Crippen LogP contribution in [0.4, 0.5) is 0 Å². The Morgan fingerprint density at radius 2 is 1.81 bits per heavy atom. The van der Waals surface area contributed by atoms with Crippen molar-refractivity contribution in [3.05, 3.63) is 95.2 Å². The summed E-state index contributed by atoms with van der Waals surface area (Å²) in [5, 5.41) is 4.29. The van der Waals surface area contributed by atoms with E-state index in [4.69, 9.17) is 19.7 Å². The van der Waals surface area contributed by atoms with Crippen molar-refractivity contribution in [3.8, 4) is 23.2 Å². The molecule has 2 atom stereocenters. The molecule has 2 aromatic carbocycles. The molecule has 6 rings (SSSR count). The summed E-state index contributed by atoms with van der Waals surface area (Å²) in [6.45, 7) is 5.57. The van der Waals surface area contributed by atoms with Crippen molar-refractivity contribution in [2.75, 3.05) is 19.7 Å². The fraction of sp³-hybridized carbons (Fsp3) is 0.364. The standard InChI is InChI=1S/C33H35N5O4/c1-23(41-31-4-2-3-17-40-31)33-35-15-16-38(33)22-29-18-30(42-36-29)27-13-11-25(12-14-27)6-5-24-7-9-26(10-8-24)19-37-20-28(21-37)32(34)39/h7-16,18,23,28,31H,2-4,17,19-22H2,1H3,(H2,34,39)/t23-,31?/m0/s1. The van der Waals surface area contributed by atoms with Crippen LogP contribution >= 0.6 is 0 Å². The van der Waals surface area contributed by atoms with Gasteiger partial charge in [-0.1, -0.05) is 29.1 Å². The zero-order valence-electron chi connectivity index (χ0n) is 23.7. The first-order valence-corrected chi connectivity index (χ1v) is 14.5. The number of imidazole rings is 1. The lowest BCUT2D eigenvalue weighted by Gasteiger charge is -2.37. The first-order valence-electron chi connectivity index (χ1n) is 14.5. The lowest BCUT2D eigenvalue weighted by Crippen LogP contribution is -2.51. The summed E-state index contributed by atoms with van der Waals surface area (Å²) in [5.41, 5.74) is 10.2. The highest BCUT2D eigenvalue weighted by Gasteiger charge is 2.30. The SMILES string of the molecule is C[C@H](OC1CCCCO1)c1nccn1Cc1cc(-c2ccc(C#Cc3ccc(CN4CC(C(N)=O)C4)cc3)cc2)on1. The molecule has 9 nitrogen and oxygen atoms in total. The minimum absolute atomic E-state index is 0.0145. The van der Waals surface area contributed by atoms with Gasteiger partial charge < -0.3 is 24.3 Å². The maximum absolute atomic E-state index is 11.2. The molecule has 0 bridgehead atoms. The molecule has 1 unspecified atom stereocenters. The Hall–Kier alpha value is -4.23. The van der Waals surface area contributed by atoms with E-state index in [9.17, 15) is 4.79 Å². The number of amides is 1. The Bertz CT molecular complexity index is 1550. The summed E-state index contributed by atoms with van der Waals surface area (Å²) in [6, 6.07) is 18.1. The summed E-state index contributed by atoms with van der Waals surface area (Å²) < 4.78 is 19.5. The van der Waals surface area contributed by atoms with Gasteiger partial charge in [0.15, 0.2) is 12.1 Å². The topological polar surface area (TPSA) is 109 Å². The molecular formula is C33H35N5O4. The summed E-state index contributed by atoms with van der Waals surface area (Å²) in [5.74, 6) is 7.77. The van der Waals surface area contributed by atoms with Gasteiger partial charge in [-0.2, -0.15) is 0 Å². The van der Waals surface area contributed by atoms with Crippen molar-refractivity contribution in [2.24, 2.45) is 11.7 Å². The minimum atomic E-state index is -0.211. The van der Waals surface area contributed by atoms with Gasteiger partial charge in [0.1, 0.15) is 17.6 Å². The number of rotatable bonds is 9. The van der Waals surface area contributed by atoms with E-state index in [0.29, 0.717) is 12.3 Å². The predicted octanol–water partition coefficient (Wildman–Crippen LogP) is 4.51. The highest BCUT2D eigenvalue weighted by Crippen LogP contribution is 2.25. The second-order valence-electron chi connectivity index (χ2n) is 11.0. The molecule has 0 spiro atoms. The zero-order chi connectivity index (χ0) is 28.9. The smallest absolute Gasteiger partial charge is 0.223 e. The van der Waals surface area contributed by atoms with Gasteiger partial charge in [0.25, 0.3) is 0 Å². The monoisotopic (exact) mass is 565 g/mol. The number of ether oxygens (including phenoxy) is 2. The van der Waals surface area contributed by atoms with E-state index in [2.05, 4.69) is 39.0 Å². The third kappa shape index (κ3) is 6.80. The Balaban J connectivity index is 1.03. The number of carbonyl (C=O) groups is 1. The molecule has 0 saturated carbocycles. The van der Waals surface area contributed by atoms with Gasteiger partial charge in [0.2, 0.25) is 5.91 Å². The summed E-state index contributed by atoms with van der Waals surface area (Å²) >= 11 is 0. The van der Waals surface area contributed by atoms with Gasteiger partial charge in [-0.25, -0.2) is 4.98 Å². The molecule has 2 saturated heterocycles. The fourth-order valence-electron chi connectivity index (χ4n) is 5.31. The fourth-order valence-corrected chi connectivity index (χ4v) is 5.31. The number of nitrogens with two attached hydrogens (primary N) is 1. The average Bonchev–Trinajstić information content (AvgIpc) is 3.65. The van der Waals surface area contributed by atoms with Crippen LogP contribution in [0.1, 0.15) is 60.5 Å². The molecular weight excluding hydrogens is 530 g/mol. The number of hydrogen-bond acceptors (Lipinski definition) is 7. The molecule has 2 aromatic heterocycles. The highest BCUT2D eigenvalue weighted by atomic mass is 16.7. The van der Waals surface area contributed by atoms with Gasteiger partial charge in [-0.15, -0.1) is 0 Å². The highest BCUT2D eigenvalue weighted by molar-refractivity contribution is 5.78. The van der Waals surface area contributed by atoms with E-state index in [1.54, 1.807) is 6.20 Å². The normalized spacial score (nSPS) is 18.2. The minimum Gasteiger partial charge on any atom is -0.369 e. The number of hydrogen-bond donors (Lipinski definition) is 1. The first kappa shape index (κ1) is 27.9. The molecule has 1 amide bonds. The van der Waals surface area contributed by atoms with Gasteiger partial charge in [-0.3, -0.25) is 9.69 Å². The van der Waals surface area contributed by atoms with Crippen molar-refractivity contribution in [2.45, 2.75) is 51.7 Å². The zero-order valence-corrected chi connectivity index (χ0v) is 23.7. The molecule has 2 fully saturated rings. The van der Waals surface area contributed by atoms with Crippen LogP contribution in [-0.2, 0) is 27.4 Å². The Labute approximate surface area is 245 Å². The summed E-state index contributed by atoms with van der Waals surface area (Å²) in [6.07, 6.45) is 6.47. The average molecular weight is 566 g/mol. The van der Waals surface area contributed by atoms with Crippen molar-refractivity contribution < 1.29 is 18.8 Å². The van der Waals surface area contributed by atoms with Gasteiger partial charge in [0.05, 0.1) is 12.5 Å². The van der Waals surface area contributed by atoms with Crippen molar-refractivity contribution in [1.82, 2.24) is 19.6 Å². The molecule has 42 heavy (non-hydrogen) atoms. The van der Waals surface area contributed by atoms with Gasteiger partial charge >= 0.3 is 0 Å². The van der Waals surface area contributed by atoms with E-state index in [0.717, 1.165) is 73.7 Å². The van der Waals surface area contributed by atoms with Crippen molar-refractivity contribution in [1.29, 1.82) is 0 Å². The third-order valence-electron chi connectivity index (χ3n) is 7.74. The quantitative estimate of drug-likeness (QED) is 0.298. The van der Waals surface area contributed by atoms with Crippen LogP contribution in [0.3, 0.4) is 0 Å². The Morgan fingerprint density at radius 3 is 2.50 bits per heavy atom. The lowest BCUT2D eigenvalue weighted by molar-refractivity contribution is -0.188. The molecule has 4 aromatic rings. The van der Waals surface area contributed by atoms with E-state index < -0.39 is 0 Å². The van der Waals surface area contributed by atoms with Crippen LogP contribution in [-0.4, -0.2) is 51.5 Å². The number of primary amides is 1. The lowest BCUT2D eigenvalue weighted by atomic mass is 9.98. The van der Waals surface area contributed by atoms with Crippen LogP contribution in [0, 0.1) is 17.8 Å². The largest absolute Gasteiger partial charge is 0.369 e. The van der Waals surface area contributed by atoms with Crippen molar-refractivity contribution in [3.63, 3.8) is 0 Å². The van der Waals surface area contributed by atoms with Crippen LogP contribution < -0.4 is 5.73 Å². The molecule has 0 aliphatic carbocycles. The Kier molecular flexibility index (Phi) is 8.47. The number of carbonyl (C=O) groups excluding carboxylic acids is 1. The summed E-state index contributed by atoms with van der Waals surface area (Å²) in [4.78, 5) is 17.9. The number of likely N-dealkylation sites (tertiary alicyclic amines) is 1. The van der Waals surface area contributed by atoms with E-state index >= 15 is 0 Å². The van der Waals surface area contributed by atoms with Crippen LogP contribution in [0.2, 0.25) is 0 Å². The van der Waals surface area contributed by atoms with Crippen LogP contribution in [0.25, 0.3) is 11.3 Å². The van der Waals surface area contributed by atoms with Crippen LogP contribution in [0.5, 0.6) is 0 Å². The third-order valence-corrected chi connectivity index (χ3v) is 7.74. The second-order valence-corrected chi connectivity index (χ2v) is 11.0. The van der Waals surface area contributed by atoms with Crippen molar-refractivity contribution >= 4 is 5.91 Å².